The van der Waals surface area contributed by atoms with Crippen LogP contribution in [0.25, 0.3) is 11.1 Å². The van der Waals surface area contributed by atoms with E-state index in [-0.39, 0.29) is 11.8 Å². The minimum Gasteiger partial charge on any atom is -0.441 e. The Hall–Kier alpha value is -2.57. The molecule has 1 aliphatic heterocycles. The van der Waals surface area contributed by atoms with E-state index in [1.165, 1.54) is 0 Å². The van der Waals surface area contributed by atoms with Crippen LogP contribution in [0.15, 0.2) is 40.8 Å². The van der Waals surface area contributed by atoms with Gasteiger partial charge in [0.15, 0.2) is 11.5 Å². The van der Waals surface area contributed by atoms with Crippen LogP contribution < -0.4 is 5.32 Å². The molecule has 0 saturated carbocycles. The summed E-state index contributed by atoms with van der Waals surface area (Å²) in [5, 5.41) is 3.64. The van der Waals surface area contributed by atoms with Gasteiger partial charge in [-0.1, -0.05) is 23.2 Å². The molecule has 1 saturated heterocycles. The van der Waals surface area contributed by atoms with Crippen molar-refractivity contribution in [2.45, 2.75) is 25.8 Å². The zero-order valence-electron chi connectivity index (χ0n) is 15.0. The van der Waals surface area contributed by atoms with E-state index in [4.69, 9.17) is 27.6 Å². The normalized spacial score (nSPS) is 16.5. The Kier molecular flexibility index (Phi) is 5.00. The zero-order valence-corrected chi connectivity index (χ0v) is 16.5. The molecule has 3 aromatic rings. The lowest BCUT2D eigenvalue weighted by Crippen LogP contribution is -2.43. The summed E-state index contributed by atoms with van der Waals surface area (Å²) >= 11 is 12.0. The highest BCUT2D eigenvalue weighted by atomic mass is 35.5. The number of carbonyl (C=O) groups excluding carboxylic acids is 2. The summed E-state index contributed by atoms with van der Waals surface area (Å²) in [7, 11) is 0. The predicted molar refractivity (Wildman–Crippen MR) is 108 cm³/mol. The topological polar surface area (TPSA) is 75.4 Å². The van der Waals surface area contributed by atoms with Gasteiger partial charge in [-0.05, 0) is 49.2 Å². The van der Waals surface area contributed by atoms with E-state index < -0.39 is 6.04 Å². The maximum atomic E-state index is 12.9. The highest BCUT2D eigenvalue weighted by Gasteiger charge is 2.34. The SMILES string of the molecule is Cc1nc2cc(NC(=O)[C@H]3CCCN3C(=O)c3cc(Cl)cc(Cl)c3)ccc2o1. The lowest BCUT2D eigenvalue weighted by molar-refractivity contribution is -0.119. The molecule has 1 aromatic heterocycles. The van der Waals surface area contributed by atoms with Crippen LogP contribution in [0.5, 0.6) is 0 Å². The minimum atomic E-state index is -0.556. The van der Waals surface area contributed by atoms with Gasteiger partial charge in [0.2, 0.25) is 5.91 Å². The van der Waals surface area contributed by atoms with Crippen LogP contribution in [0.2, 0.25) is 10.0 Å². The number of aryl methyl sites for hydroxylation is 1. The van der Waals surface area contributed by atoms with Crippen LogP contribution in [0.1, 0.15) is 29.1 Å². The Balaban J connectivity index is 1.53. The van der Waals surface area contributed by atoms with E-state index in [9.17, 15) is 9.59 Å². The number of hydrogen-bond donors (Lipinski definition) is 1. The number of oxazole rings is 1. The first-order valence-electron chi connectivity index (χ1n) is 8.86. The minimum absolute atomic E-state index is 0.237. The number of benzene rings is 2. The molecule has 4 rings (SSSR count). The fourth-order valence-corrected chi connectivity index (χ4v) is 4.00. The number of fused-ring (bicyclic) bond motifs is 1. The average Bonchev–Trinajstić information content (AvgIpc) is 3.25. The monoisotopic (exact) mass is 417 g/mol. The summed E-state index contributed by atoms with van der Waals surface area (Å²) in [6, 6.07) is 9.39. The Morgan fingerprint density at radius 2 is 1.93 bits per heavy atom. The van der Waals surface area contributed by atoms with E-state index in [1.54, 1.807) is 48.2 Å². The summed E-state index contributed by atoms with van der Waals surface area (Å²) in [6.45, 7) is 2.27. The molecule has 1 N–H and O–H groups in total. The number of likely N-dealkylation sites (tertiary alicyclic amines) is 1. The van der Waals surface area contributed by atoms with Crippen LogP contribution in [0, 0.1) is 6.92 Å². The van der Waals surface area contributed by atoms with E-state index in [0.29, 0.717) is 51.3 Å². The Labute approximate surface area is 171 Å². The molecule has 144 valence electrons. The van der Waals surface area contributed by atoms with E-state index in [2.05, 4.69) is 10.3 Å². The lowest BCUT2D eigenvalue weighted by Gasteiger charge is -2.24. The van der Waals surface area contributed by atoms with Crippen molar-refractivity contribution in [3.8, 4) is 0 Å². The molecular weight excluding hydrogens is 401 g/mol. The first kappa shape index (κ1) is 18.8. The number of amides is 2. The van der Waals surface area contributed by atoms with Gasteiger partial charge in [-0.3, -0.25) is 9.59 Å². The maximum absolute atomic E-state index is 12.9. The molecule has 2 heterocycles. The number of nitrogens with one attached hydrogen (secondary N) is 1. The van der Waals surface area contributed by atoms with Crippen molar-refractivity contribution in [1.29, 1.82) is 0 Å². The van der Waals surface area contributed by atoms with Gasteiger partial charge in [-0.15, -0.1) is 0 Å². The molecule has 1 fully saturated rings. The van der Waals surface area contributed by atoms with Crippen molar-refractivity contribution in [1.82, 2.24) is 9.88 Å². The van der Waals surface area contributed by atoms with Crippen molar-refractivity contribution in [2.75, 3.05) is 11.9 Å². The standard InChI is InChI=1S/C20H17Cl2N3O3/c1-11-23-16-10-15(4-5-18(16)28-11)24-19(26)17-3-2-6-25(17)20(27)12-7-13(21)9-14(22)8-12/h4-5,7-10,17H,2-3,6H2,1H3,(H,24,26)/t17-/m1/s1. The number of rotatable bonds is 3. The number of hydrogen-bond acceptors (Lipinski definition) is 4. The number of aromatic nitrogens is 1. The summed E-state index contributed by atoms with van der Waals surface area (Å²) in [6.07, 6.45) is 1.34. The third-order valence-electron chi connectivity index (χ3n) is 4.69. The van der Waals surface area contributed by atoms with Crippen molar-refractivity contribution in [2.24, 2.45) is 0 Å². The number of carbonyl (C=O) groups is 2. The number of halogens is 2. The second kappa shape index (κ2) is 7.45. The Morgan fingerprint density at radius 1 is 1.18 bits per heavy atom. The van der Waals surface area contributed by atoms with Gasteiger partial charge in [0.25, 0.3) is 5.91 Å². The van der Waals surface area contributed by atoms with Gasteiger partial charge in [0, 0.05) is 34.8 Å². The summed E-state index contributed by atoms with van der Waals surface area (Å²) in [4.78, 5) is 31.6. The third kappa shape index (κ3) is 3.70. The maximum Gasteiger partial charge on any atom is 0.254 e. The van der Waals surface area contributed by atoms with Crippen LogP contribution >= 0.6 is 23.2 Å². The van der Waals surface area contributed by atoms with Gasteiger partial charge >= 0.3 is 0 Å². The second-order valence-electron chi connectivity index (χ2n) is 6.72. The van der Waals surface area contributed by atoms with Crippen LogP contribution in [0.3, 0.4) is 0 Å². The van der Waals surface area contributed by atoms with Crippen molar-refractivity contribution < 1.29 is 14.0 Å². The molecule has 2 aromatic carbocycles. The first-order valence-corrected chi connectivity index (χ1v) is 9.61. The predicted octanol–water partition coefficient (Wildman–Crippen LogP) is 4.69. The van der Waals surface area contributed by atoms with Gasteiger partial charge in [0.1, 0.15) is 11.6 Å². The molecule has 0 radical (unpaired) electrons. The summed E-state index contributed by atoms with van der Waals surface area (Å²) in [5.41, 5.74) is 2.31. The number of anilines is 1. The number of nitrogens with zero attached hydrogens (tertiary/aromatic N) is 2. The molecule has 0 spiro atoms. The van der Waals surface area contributed by atoms with Crippen LogP contribution in [-0.2, 0) is 4.79 Å². The average molecular weight is 418 g/mol. The van der Waals surface area contributed by atoms with Crippen LogP contribution in [0.4, 0.5) is 5.69 Å². The van der Waals surface area contributed by atoms with Crippen molar-refractivity contribution >= 4 is 51.8 Å². The quantitative estimate of drug-likeness (QED) is 0.670. The molecule has 1 atom stereocenters. The molecule has 28 heavy (non-hydrogen) atoms. The van der Waals surface area contributed by atoms with E-state index in [1.807, 2.05) is 0 Å². The van der Waals surface area contributed by atoms with Crippen molar-refractivity contribution in [3.63, 3.8) is 0 Å². The molecule has 2 amide bonds. The first-order chi connectivity index (χ1) is 13.4. The summed E-state index contributed by atoms with van der Waals surface area (Å²) < 4.78 is 5.45. The van der Waals surface area contributed by atoms with Gasteiger partial charge in [0.05, 0.1) is 0 Å². The summed E-state index contributed by atoms with van der Waals surface area (Å²) in [5.74, 6) is 0.0643. The molecular formula is C20H17Cl2N3O3. The molecule has 0 unspecified atom stereocenters. The largest absolute Gasteiger partial charge is 0.441 e. The third-order valence-corrected chi connectivity index (χ3v) is 5.12. The van der Waals surface area contributed by atoms with E-state index in [0.717, 1.165) is 6.42 Å². The fraction of sp³-hybridized carbons (Fsp3) is 0.250. The Morgan fingerprint density at radius 3 is 2.68 bits per heavy atom. The fourth-order valence-electron chi connectivity index (χ4n) is 3.47. The molecule has 0 aliphatic carbocycles. The lowest BCUT2D eigenvalue weighted by atomic mass is 10.1. The zero-order chi connectivity index (χ0) is 19.8. The van der Waals surface area contributed by atoms with Gasteiger partial charge in [-0.25, -0.2) is 4.98 Å². The van der Waals surface area contributed by atoms with Crippen LogP contribution in [-0.4, -0.2) is 34.3 Å². The highest BCUT2D eigenvalue weighted by molar-refractivity contribution is 6.35. The Bertz CT molecular complexity index is 1060. The van der Waals surface area contributed by atoms with Gasteiger partial charge in [-0.2, -0.15) is 0 Å². The van der Waals surface area contributed by atoms with Gasteiger partial charge < -0.3 is 14.6 Å². The molecule has 0 bridgehead atoms. The van der Waals surface area contributed by atoms with E-state index >= 15 is 0 Å². The van der Waals surface area contributed by atoms with Crippen molar-refractivity contribution in [3.05, 3.63) is 57.9 Å². The molecule has 1 aliphatic rings. The smallest absolute Gasteiger partial charge is 0.254 e. The highest BCUT2D eigenvalue weighted by Crippen LogP contribution is 2.26. The molecule has 8 heteroatoms. The second-order valence-corrected chi connectivity index (χ2v) is 7.59. The molecule has 6 nitrogen and oxygen atoms in total.